The van der Waals surface area contributed by atoms with Crippen LogP contribution in [0.15, 0.2) is 18.2 Å². The summed E-state index contributed by atoms with van der Waals surface area (Å²) in [5, 5.41) is 14.0. The molecule has 0 aliphatic carbocycles. The summed E-state index contributed by atoms with van der Waals surface area (Å²) in [5.74, 6) is 0. The molecule has 1 rings (SSSR count). The molecule has 0 amide bonds. The molecule has 5 heteroatoms. The number of hydrogen-bond acceptors (Lipinski definition) is 4. The van der Waals surface area contributed by atoms with Crippen molar-refractivity contribution >= 4 is 11.4 Å². The minimum atomic E-state index is -0.376. The van der Waals surface area contributed by atoms with Crippen molar-refractivity contribution in [2.45, 2.75) is 26.3 Å². The third-order valence-electron chi connectivity index (χ3n) is 2.49. The second-order valence-electron chi connectivity index (χ2n) is 3.76. The fourth-order valence-electron chi connectivity index (χ4n) is 1.46. The zero-order valence-corrected chi connectivity index (χ0v) is 9.56. The van der Waals surface area contributed by atoms with E-state index in [1.54, 1.807) is 12.1 Å². The van der Waals surface area contributed by atoms with E-state index in [9.17, 15) is 10.1 Å². The zero-order valence-electron chi connectivity index (χ0n) is 9.56. The first-order chi connectivity index (χ1) is 7.58. The van der Waals surface area contributed by atoms with Gasteiger partial charge in [-0.1, -0.05) is 13.0 Å². The van der Waals surface area contributed by atoms with Crippen LogP contribution in [0.4, 0.5) is 11.4 Å². The summed E-state index contributed by atoms with van der Waals surface area (Å²) >= 11 is 0. The highest BCUT2D eigenvalue weighted by Gasteiger charge is 2.15. The first-order valence-corrected chi connectivity index (χ1v) is 5.30. The molecule has 88 valence electrons. The van der Waals surface area contributed by atoms with Gasteiger partial charge in [-0.05, 0) is 25.0 Å². The fraction of sp³-hybridized carbons (Fsp3) is 0.455. The zero-order chi connectivity index (χ0) is 12.1. The van der Waals surface area contributed by atoms with Crippen LogP contribution < -0.4 is 11.1 Å². The predicted molar refractivity (Wildman–Crippen MR) is 64.6 cm³/mol. The summed E-state index contributed by atoms with van der Waals surface area (Å²) in [5.41, 5.74) is 7.07. The van der Waals surface area contributed by atoms with E-state index in [0.717, 1.165) is 12.0 Å². The van der Waals surface area contributed by atoms with Gasteiger partial charge in [-0.3, -0.25) is 10.1 Å². The normalized spacial score (nSPS) is 12.2. The number of nitrogens with two attached hydrogens (primary N) is 1. The van der Waals surface area contributed by atoms with Gasteiger partial charge < -0.3 is 11.1 Å². The molecule has 1 atom stereocenters. The fourth-order valence-corrected chi connectivity index (χ4v) is 1.46. The minimum absolute atomic E-state index is 0.0707. The lowest BCUT2D eigenvalue weighted by Gasteiger charge is -2.16. The topological polar surface area (TPSA) is 81.2 Å². The quantitative estimate of drug-likeness (QED) is 0.591. The van der Waals surface area contributed by atoms with Crippen molar-refractivity contribution in [3.8, 4) is 0 Å². The van der Waals surface area contributed by atoms with Crippen LogP contribution in [0.2, 0.25) is 0 Å². The van der Waals surface area contributed by atoms with E-state index in [4.69, 9.17) is 5.73 Å². The molecule has 1 aromatic rings. The van der Waals surface area contributed by atoms with E-state index in [0.29, 0.717) is 12.2 Å². The van der Waals surface area contributed by atoms with Crippen molar-refractivity contribution in [2.75, 3.05) is 11.9 Å². The van der Waals surface area contributed by atoms with E-state index in [1.807, 2.05) is 19.9 Å². The molecule has 0 radical (unpaired) electrons. The summed E-state index contributed by atoms with van der Waals surface area (Å²) in [4.78, 5) is 10.5. The van der Waals surface area contributed by atoms with Gasteiger partial charge in [-0.15, -0.1) is 0 Å². The summed E-state index contributed by atoms with van der Waals surface area (Å²) in [6.45, 7) is 4.28. The summed E-state index contributed by atoms with van der Waals surface area (Å²) in [6.07, 6.45) is 0.835. The van der Waals surface area contributed by atoms with Crippen LogP contribution in [0.25, 0.3) is 0 Å². The minimum Gasteiger partial charge on any atom is -0.375 e. The average Bonchev–Trinajstić information content (AvgIpc) is 2.27. The number of nitro benzene ring substituents is 1. The molecule has 1 unspecified atom stereocenters. The number of rotatable bonds is 5. The molecule has 0 saturated heterocycles. The predicted octanol–water partition coefficient (Wildman–Crippen LogP) is 2.05. The van der Waals surface area contributed by atoms with Crippen LogP contribution in [0.5, 0.6) is 0 Å². The van der Waals surface area contributed by atoms with Crippen LogP contribution in [0.1, 0.15) is 18.9 Å². The molecular formula is C11H17N3O2. The largest absolute Gasteiger partial charge is 0.375 e. The van der Waals surface area contributed by atoms with Gasteiger partial charge >= 0.3 is 0 Å². The van der Waals surface area contributed by atoms with Crippen LogP contribution >= 0.6 is 0 Å². The number of benzene rings is 1. The Bertz CT molecular complexity index is 375. The standard InChI is InChI=1S/C11H17N3O2/c1-3-9(7-12)13-10-5-4-8(2)6-11(10)14(15)16/h4-6,9,13H,3,7,12H2,1-2H3. The lowest BCUT2D eigenvalue weighted by molar-refractivity contribution is -0.384. The molecule has 16 heavy (non-hydrogen) atoms. The molecule has 3 N–H and O–H groups in total. The van der Waals surface area contributed by atoms with Gasteiger partial charge in [0.05, 0.1) is 4.92 Å². The van der Waals surface area contributed by atoms with Gasteiger partial charge in [-0.25, -0.2) is 0 Å². The van der Waals surface area contributed by atoms with E-state index in [1.165, 1.54) is 0 Å². The monoisotopic (exact) mass is 223 g/mol. The molecule has 0 heterocycles. The highest BCUT2D eigenvalue weighted by molar-refractivity contribution is 5.62. The summed E-state index contributed by atoms with van der Waals surface area (Å²) in [7, 11) is 0. The van der Waals surface area contributed by atoms with Crippen molar-refractivity contribution in [2.24, 2.45) is 5.73 Å². The number of nitrogens with one attached hydrogen (secondary N) is 1. The molecule has 5 nitrogen and oxygen atoms in total. The molecule has 0 aliphatic rings. The van der Waals surface area contributed by atoms with Crippen LogP contribution in [-0.4, -0.2) is 17.5 Å². The third kappa shape index (κ3) is 2.93. The summed E-state index contributed by atoms with van der Waals surface area (Å²) in [6, 6.07) is 5.21. The van der Waals surface area contributed by atoms with Crippen molar-refractivity contribution in [1.82, 2.24) is 0 Å². The van der Waals surface area contributed by atoms with Gasteiger partial charge in [-0.2, -0.15) is 0 Å². The average molecular weight is 223 g/mol. The Balaban J connectivity index is 2.98. The molecule has 1 aromatic carbocycles. The van der Waals surface area contributed by atoms with Crippen LogP contribution in [0.3, 0.4) is 0 Å². The second kappa shape index (κ2) is 5.46. The van der Waals surface area contributed by atoms with Gasteiger partial charge in [0.25, 0.3) is 5.69 Å². The molecule has 0 aliphatic heterocycles. The number of anilines is 1. The molecule has 0 bridgehead atoms. The maximum atomic E-state index is 10.9. The number of aryl methyl sites for hydroxylation is 1. The number of nitrogens with zero attached hydrogens (tertiary/aromatic N) is 1. The van der Waals surface area contributed by atoms with Gasteiger partial charge in [0.15, 0.2) is 0 Å². The first kappa shape index (κ1) is 12.4. The molecular weight excluding hydrogens is 206 g/mol. The van der Waals surface area contributed by atoms with E-state index in [2.05, 4.69) is 5.32 Å². The van der Waals surface area contributed by atoms with Gasteiger partial charge in [0, 0.05) is 18.7 Å². The lowest BCUT2D eigenvalue weighted by atomic mass is 10.1. The third-order valence-corrected chi connectivity index (χ3v) is 2.49. The van der Waals surface area contributed by atoms with Gasteiger partial charge in [0.1, 0.15) is 5.69 Å². The van der Waals surface area contributed by atoms with E-state index >= 15 is 0 Å². The highest BCUT2D eigenvalue weighted by Crippen LogP contribution is 2.26. The van der Waals surface area contributed by atoms with Crippen molar-refractivity contribution in [3.05, 3.63) is 33.9 Å². The van der Waals surface area contributed by atoms with Crippen molar-refractivity contribution < 1.29 is 4.92 Å². The summed E-state index contributed by atoms with van der Waals surface area (Å²) < 4.78 is 0. The Morgan fingerprint density at radius 3 is 2.75 bits per heavy atom. The number of nitro groups is 1. The first-order valence-electron chi connectivity index (χ1n) is 5.30. The maximum Gasteiger partial charge on any atom is 0.292 e. The maximum absolute atomic E-state index is 10.9. The van der Waals surface area contributed by atoms with Crippen LogP contribution in [-0.2, 0) is 0 Å². The lowest BCUT2D eigenvalue weighted by Crippen LogP contribution is -2.28. The van der Waals surface area contributed by atoms with Crippen molar-refractivity contribution in [1.29, 1.82) is 0 Å². The van der Waals surface area contributed by atoms with Crippen molar-refractivity contribution in [3.63, 3.8) is 0 Å². The Morgan fingerprint density at radius 1 is 1.56 bits per heavy atom. The number of hydrogen-bond donors (Lipinski definition) is 2. The second-order valence-corrected chi connectivity index (χ2v) is 3.76. The highest BCUT2D eigenvalue weighted by atomic mass is 16.6. The van der Waals surface area contributed by atoms with E-state index < -0.39 is 0 Å². The SMILES string of the molecule is CCC(CN)Nc1ccc(C)cc1[N+](=O)[O-]. The Kier molecular flexibility index (Phi) is 4.25. The van der Waals surface area contributed by atoms with Crippen LogP contribution in [0, 0.1) is 17.0 Å². The van der Waals surface area contributed by atoms with Gasteiger partial charge in [0.2, 0.25) is 0 Å². The Morgan fingerprint density at radius 2 is 2.25 bits per heavy atom. The molecule has 0 aromatic heterocycles. The van der Waals surface area contributed by atoms with E-state index in [-0.39, 0.29) is 16.7 Å². The smallest absolute Gasteiger partial charge is 0.292 e. The molecule has 0 saturated carbocycles. The molecule has 0 spiro atoms. The Labute approximate surface area is 94.8 Å². The Hall–Kier alpha value is -1.62. The molecule has 0 fully saturated rings.